The van der Waals surface area contributed by atoms with Crippen LogP contribution in [0.4, 0.5) is 0 Å². The average Bonchev–Trinajstić information content (AvgIpc) is 3.21. The van der Waals surface area contributed by atoms with Crippen molar-refractivity contribution in [1.82, 2.24) is 10.1 Å². The van der Waals surface area contributed by atoms with E-state index in [0.29, 0.717) is 24.3 Å². The van der Waals surface area contributed by atoms with Crippen LogP contribution in [0.2, 0.25) is 0 Å². The summed E-state index contributed by atoms with van der Waals surface area (Å²) in [5.74, 6) is 0.0501. The lowest BCUT2D eigenvalue weighted by atomic mass is 10.1. The standard InChI is InChI=1S/C18H20N2O4S/c1-11-15(12(2)24-19-11)10-25-16-6-4-3-5-14(16)17(21)20-8-7-13(9-20)18(22)23/h3-6,13H,7-10H2,1-2H3,(H,22,23). The van der Waals surface area contributed by atoms with E-state index in [9.17, 15) is 9.59 Å². The van der Waals surface area contributed by atoms with Crippen LogP contribution in [0.3, 0.4) is 0 Å². The number of hydrogen-bond acceptors (Lipinski definition) is 5. The van der Waals surface area contributed by atoms with E-state index in [0.717, 1.165) is 21.9 Å². The van der Waals surface area contributed by atoms with Gasteiger partial charge >= 0.3 is 5.97 Å². The van der Waals surface area contributed by atoms with Crippen molar-refractivity contribution in [2.45, 2.75) is 30.9 Å². The number of nitrogens with zero attached hydrogens (tertiary/aromatic N) is 2. The van der Waals surface area contributed by atoms with Crippen LogP contribution in [0.1, 0.15) is 33.8 Å². The molecule has 1 aliphatic heterocycles. The van der Waals surface area contributed by atoms with Gasteiger partial charge < -0.3 is 14.5 Å². The summed E-state index contributed by atoms with van der Waals surface area (Å²) < 4.78 is 5.18. The van der Waals surface area contributed by atoms with Gasteiger partial charge in [0.25, 0.3) is 5.91 Å². The second-order valence-electron chi connectivity index (χ2n) is 6.16. The summed E-state index contributed by atoms with van der Waals surface area (Å²) in [5, 5.41) is 13.1. The maximum atomic E-state index is 12.8. The number of aryl methyl sites for hydroxylation is 2. The fourth-order valence-electron chi connectivity index (χ4n) is 2.94. The second kappa shape index (κ2) is 7.31. The lowest BCUT2D eigenvalue weighted by molar-refractivity contribution is -0.141. The molecule has 3 rings (SSSR count). The Balaban J connectivity index is 1.75. The van der Waals surface area contributed by atoms with Crippen LogP contribution < -0.4 is 0 Å². The number of amides is 1. The third-order valence-corrected chi connectivity index (χ3v) is 5.60. The Morgan fingerprint density at radius 1 is 1.36 bits per heavy atom. The molecule has 0 aliphatic carbocycles. The molecule has 1 fully saturated rings. The molecular formula is C18H20N2O4S. The number of carbonyl (C=O) groups is 2. The summed E-state index contributed by atoms with van der Waals surface area (Å²) in [6, 6.07) is 7.45. The number of benzene rings is 1. The quantitative estimate of drug-likeness (QED) is 0.825. The van der Waals surface area contributed by atoms with Gasteiger partial charge in [0, 0.05) is 29.3 Å². The first-order valence-corrected chi connectivity index (χ1v) is 9.11. The van der Waals surface area contributed by atoms with Crippen molar-refractivity contribution >= 4 is 23.6 Å². The van der Waals surface area contributed by atoms with Gasteiger partial charge in [-0.25, -0.2) is 0 Å². The van der Waals surface area contributed by atoms with Gasteiger partial charge in [-0.2, -0.15) is 0 Å². The van der Waals surface area contributed by atoms with Crippen molar-refractivity contribution in [3.05, 3.63) is 46.8 Å². The third-order valence-electron chi connectivity index (χ3n) is 4.50. The van der Waals surface area contributed by atoms with Crippen LogP contribution in [-0.4, -0.2) is 40.1 Å². The minimum absolute atomic E-state index is 0.106. The molecule has 0 radical (unpaired) electrons. The van der Waals surface area contributed by atoms with E-state index < -0.39 is 11.9 Å². The lowest BCUT2D eigenvalue weighted by Crippen LogP contribution is -2.30. The fraction of sp³-hybridized carbons (Fsp3) is 0.389. The highest BCUT2D eigenvalue weighted by Gasteiger charge is 2.32. The lowest BCUT2D eigenvalue weighted by Gasteiger charge is -2.18. The average molecular weight is 360 g/mol. The number of likely N-dealkylation sites (tertiary alicyclic amines) is 1. The number of aromatic nitrogens is 1. The molecule has 0 bridgehead atoms. The topological polar surface area (TPSA) is 83.6 Å². The zero-order chi connectivity index (χ0) is 18.0. The van der Waals surface area contributed by atoms with Crippen LogP contribution in [0.25, 0.3) is 0 Å². The molecule has 0 spiro atoms. The van der Waals surface area contributed by atoms with E-state index in [4.69, 9.17) is 9.63 Å². The fourth-order valence-corrected chi connectivity index (χ4v) is 4.14. The first kappa shape index (κ1) is 17.5. The number of carboxylic acid groups (broad SMARTS) is 1. The molecule has 25 heavy (non-hydrogen) atoms. The van der Waals surface area contributed by atoms with E-state index in [-0.39, 0.29) is 12.5 Å². The molecule has 1 aliphatic rings. The van der Waals surface area contributed by atoms with E-state index in [1.165, 1.54) is 0 Å². The summed E-state index contributed by atoms with van der Waals surface area (Å²) >= 11 is 1.56. The SMILES string of the molecule is Cc1noc(C)c1CSc1ccccc1C(=O)N1CCC(C(=O)O)C1. The Bertz CT molecular complexity index is 783. The minimum atomic E-state index is -0.837. The highest BCUT2D eigenvalue weighted by molar-refractivity contribution is 7.98. The van der Waals surface area contributed by atoms with Gasteiger partial charge in [-0.3, -0.25) is 9.59 Å². The number of carbonyl (C=O) groups excluding carboxylic acids is 1. The highest BCUT2D eigenvalue weighted by Crippen LogP contribution is 2.30. The predicted octanol–water partition coefficient (Wildman–Crippen LogP) is 3.13. The molecule has 1 unspecified atom stereocenters. The van der Waals surface area contributed by atoms with Crippen LogP contribution in [-0.2, 0) is 10.5 Å². The minimum Gasteiger partial charge on any atom is -0.481 e. The second-order valence-corrected chi connectivity index (χ2v) is 7.18. The van der Waals surface area contributed by atoms with Crippen LogP contribution >= 0.6 is 11.8 Å². The summed E-state index contributed by atoms with van der Waals surface area (Å²) in [6.07, 6.45) is 0.509. The van der Waals surface area contributed by atoms with Gasteiger partial charge in [-0.05, 0) is 32.4 Å². The Kier molecular flexibility index (Phi) is 5.13. The molecule has 1 aromatic heterocycles. The Hall–Kier alpha value is -2.28. The van der Waals surface area contributed by atoms with Gasteiger partial charge in [0.2, 0.25) is 0 Å². The van der Waals surface area contributed by atoms with E-state index in [1.54, 1.807) is 22.7 Å². The van der Waals surface area contributed by atoms with Gasteiger partial charge in [0.1, 0.15) is 5.76 Å². The molecule has 1 aromatic carbocycles. The first-order chi connectivity index (χ1) is 12.0. The molecule has 2 heterocycles. The molecule has 6 nitrogen and oxygen atoms in total. The number of thioether (sulfide) groups is 1. The first-order valence-electron chi connectivity index (χ1n) is 8.13. The number of aliphatic carboxylic acids is 1. The summed E-state index contributed by atoms with van der Waals surface area (Å²) in [6.45, 7) is 4.54. The molecule has 1 N–H and O–H groups in total. The van der Waals surface area contributed by atoms with Gasteiger partial charge in [-0.1, -0.05) is 17.3 Å². The van der Waals surface area contributed by atoms with Crippen LogP contribution in [0.15, 0.2) is 33.7 Å². The molecule has 0 saturated carbocycles. The zero-order valence-electron chi connectivity index (χ0n) is 14.2. The molecular weight excluding hydrogens is 340 g/mol. The van der Waals surface area contributed by atoms with Crippen molar-refractivity contribution in [3.63, 3.8) is 0 Å². The van der Waals surface area contributed by atoms with E-state index in [2.05, 4.69) is 5.16 Å². The monoisotopic (exact) mass is 360 g/mol. The summed E-state index contributed by atoms with van der Waals surface area (Å²) in [7, 11) is 0. The largest absolute Gasteiger partial charge is 0.481 e. The molecule has 1 atom stereocenters. The third kappa shape index (κ3) is 3.71. The van der Waals surface area contributed by atoms with E-state index >= 15 is 0 Å². The van der Waals surface area contributed by atoms with Crippen molar-refractivity contribution in [1.29, 1.82) is 0 Å². The summed E-state index contributed by atoms with van der Waals surface area (Å²) in [4.78, 5) is 26.4. The highest BCUT2D eigenvalue weighted by atomic mass is 32.2. The molecule has 7 heteroatoms. The van der Waals surface area contributed by atoms with Gasteiger partial charge in [0.15, 0.2) is 0 Å². The molecule has 132 valence electrons. The maximum absolute atomic E-state index is 12.8. The summed E-state index contributed by atoms with van der Waals surface area (Å²) in [5.41, 5.74) is 2.52. The predicted molar refractivity (Wildman–Crippen MR) is 93.6 cm³/mol. The van der Waals surface area contributed by atoms with Crippen LogP contribution in [0, 0.1) is 19.8 Å². The number of rotatable bonds is 5. The van der Waals surface area contributed by atoms with Gasteiger partial charge in [0.05, 0.1) is 17.2 Å². The van der Waals surface area contributed by atoms with Crippen molar-refractivity contribution in [3.8, 4) is 0 Å². The van der Waals surface area contributed by atoms with Crippen molar-refractivity contribution < 1.29 is 19.2 Å². The normalized spacial score (nSPS) is 17.0. The van der Waals surface area contributed by atoms with Gasteiger partial charge in [-0.15, -0.1) is 11.8 Å². The number of carboxylic acids is 1. The zero-order valence-corrected chi connectivity index (χ0v) is 15.0. The van der Waals surface area contributed by atoms with Crippen LogP contribution in [0.5, 0.6) is 0 Å². The Morgan fingerprint density at radius 2 is 2.12 bits per heavy atom. The Labute approximate surface area is 150 Å². The van der Waals surface area contributed by atoms with Crippen molar-refractivity contribution in [2.75, 3.05) is 13.1 Å². The maximum Gasteiger partial charge on any atom is 0.308 e. The molecule has 1 saturated heterocycles. The number of hydrogen-bond donors (Lipinski definition) is 1. The Morgan fingerprint density at radius 3 is 2.76 bits per heavy atom. The van der Waals surface area contributed by atoms with E-state index in [1.807, 2.05) is 32.0 Å². The van der Waals surface area contributed by atoms with Crippen molar-refractivity contribution in [2.24, 2.45) is 5.92 Å². The molecule has 2 aromatic rings. The molecule has 1 amide bonds. The smallest absolute Gasteiger partial charge is 0.308 e.